The summed E-state index contributed by atoms with van der Waals surface area (Å²) in [6.45, 7) is 2.95. The summed E-state index contributed by atoms with van der Waals surface area (Å²) in [6.07, 6.45) is 0. The third kappa shape index (κ3) is 4.11. The molecule has 2 aromatic carbocycles. The minimum absolute atomic E-state index is 0.0731. The summed E-state index contributed by atoms with van der Waals surface area (Å²) in [6, 6.07) is 7.15. The van der Waals surface area contributed by atoms with E-state index < -0.39 is 23.4 Å². The first-order valence-electron chi connectivity index (χ1n) is 7.95. The van der Waals surface area contributed by atoms with E-state index in [0.29, 0.717) is 23.0 Å². The smallest absolute Gasteiger partial charge is 0.278 e. The van der Waals surface area contributed by atoms with Crippen LogP contribution in [0.4, 0.5) is 18.9 Å². The van der Waals surface area contributed by atoms with Crippen molar-refractivity contribution in [1.29, 1.82) is 0 Å². The number of hydrogen-bond acceptors (Lipinski definition) is 4. The van der Waals surface area contributed by atoms with Crippen molar-refractivity contribution in [2.45, 2.75) is 20.5 Å². The van der Waals surface area contributed by atoms with Gasteiger partial charge in [0.15, 0.2) is 17.3 Å². The van der Waals surface area contributed by atoms with E-state index in [1.165, 1.54) is 12.1 Å². The van der Waals surface area contributed by atoms with Gasteiger partial charge < -0.3 is 14.6 Å². The second-order valence-corrected chi connectivity index (χ2v) is 5.85. The van der Waals surface area contributed by atoms with E-state index in [-0.39, 0.29) is 23.7 Å². The molecule has 0 aliphatic heterocycles. The van der Waals surface area contributed by atoms with Crippen LogP contribution in [0, 0.1) is 31.3 Å². The van der Waals surface area contributed by atoms with Gasteiger partial charge in [-0.1, -0.05) is 11.2 Å². The first-order chi connectivity index (χ1) is 12.8. The Bertz CT molecular complexity index is 1000. The van der Waals surface area contributed by atoms with Crippen molar-refractivity contribution in [2.75, 3.05) is 5.32 Å². The molecule has 5 nitrogen and oxygen atoms in total. The standard InChI is InChI=1S/C19H15F3N2O3/c1-10-3-5-13(8-15(10)21)23-19(25)18-14(11(2)27-24-18)9-26-17-6-4-12(20)7-16(17)22/h3-8H,9H2,1-2H3,(H,23,25). The van der Waals surface area contributed by atoms with Gasteiger partial charge >= 0.3 is 0 Å². The molecule has 0 spiro atoms. The molecule has 0 unspecified atom stereocenters. The van der Waals surface area contributed by atoms with Crippen molar-refractivity contribution in [3.63, 3.8) is 0 Å². The topological polar surface area (TPSA) is 64.4 Å². The average molecular weight is 376 g/mol. The molecule has 0 radical (unpaired) electrons. The summed E-state index contributed by atoms with van der Waals surface area (Å²) in [5, 5.41) is 6.20. The maximum atomic E-state index is 13.7. The third-order valence-corrected chi connectivity index (χ3v) is 3.90. The molecular formula is C19H15F3N2O3. The molecule has 1 N–H and O–H groups in total. The van der Waals surface area contributed by atoms with Crippen LogP contribution in [0.3, 0.4) is 0 Å². The maximum absolute atomic E-state index is 13.7. The van der Waals surface area contributed by atoms with Crippen LogP contribution < -0.4 is 10.1 Å². The Labute approximate surface area is 152 Å². The van der Waals surface area contributed by atoms with Crippen molar-refractivity contribution in [3.8, 4) is 5.75 Å². The Balaban J connectivity index is 1.77. The zero-order valence-corrected chi connectivity index (χ0v) is 14.5. The van der Waals surface area contributed by atoms with Crippen molar-refractivity contribution >= 4 is 11.6 Å². The molecule has 0 aliphatic rings. The van der Waals surface area contributed by atoms with Crippen LogP contribution in [0.25, 0.3) is 0 Å². The van der Waals surface area contributed by atoms with Crippen molar-refractivity contribution in [1.82, 2.24) is 5.16 Å². The molecule has 0 bridgehead atoms. The van der Waals surface area contributed by atoms with Crippen LogP contribution in [-0.4, -0.2) is 11.1 Å². The Morgan fingerprint density at radius 1 is 1.11 bits per heavy atom. The number of ether oxygens (including phenoxy) is 1. The molecule has 0 saturated heterocycles. The number of benzene rings is 2. The van der Waals surface area contributed by atoms with Crippen LogP contribution in [0.5, 0.6) is 5.75 Å². The zero-order chi connectivity index (χ0) is 19.6. The fourth-order valence-corrected chi connectivity index (χ4v) is 2.34. The molecule has 0 atom stereocenters. The van der Waals surface area contributed by atoms with Gasteiger partial charge in [0.1, 0.15) is 24.0 Å². The highest BCUT2D eigenvalue weighted by molar-refractivity contribution is 6.03. The fraction of sp³-hybridized carbons (Fsp3) is 0.158. The van der Waals surface area contributed by atoms with Gasteiger partial charge in [-0.25, -0.2) is 13.2 Å². The second kappa shape index (κ2) is 7.53. The van der Waals surface area contributed by atoms with Gasteiger partial charge in [0, 0.05) is 11.8 Å². The lowest BCUT2D eigenvalue weighted by molar-refractivity contribution is 0.101. The summed E-state index contributed by atoms with van der Waals surface area (Å²) >= 11 is 0. The second-order valence-electron chi connectivity index (χ2n) is 5.85. The lowest BCUT2D eigenvalue weighted by Crippen LogP contribution is -2.15. The average Bonchev–Trinajstić information content (AvgIpc) is 2.98. The largest absolute Gasteiger partial charge is 0.486 e. The zero-order valence-electron chi connectivity index (χ0n) is 14.5. The highest BCUT2D eigenvalue weighted by Gasteiger charge is 2.21. The number of rotatable bonds is 5. The van der Waals surface area contributed by atoms with Gasteiger partial charge in [-0.05, 0) is 43.7 Å². The number of hydrogen-bond donors (Lipinski definition) is 1. The van der Waals surface area contributed by atoms with Gasteiger partial charge in [0.2, 0.25) is 0 Å². The molecule has 0 aliphatic carbocycles. The molecule has 27 heavy (non-hydrogen) atoms. The van der Waals surface area contributed by atoms with Gasteiger partial charge in [-0.3, -0.25) is 4.79 Å². The Morgan fingerprint density at radius 3 is 2.59 bits per heavy atom. The van der Waals surface area contributed by atoms with E-state index >= 15 is 0 Å². The SMILES string of the molecule is Cc1ccc(NC(=O)c2noc(C)c2COc2ccc(F)cc2F)cc1F. The first kappa shape index (κ1) is 18.5. The van der Waals surface area contributed by atoms with E-state index in [1.54, 1.807) is 19.9 Å². The molecule has 0 saturated carbocycles. The number of anilines is 1. The highest BCUT2D eigenvalue weighted by atomic mass is 19.1. The number of halogens is 3. The molecule has 1 amide bonds. The number of amides is 1. The number of aromatic nitrogens is 1. The first-order valence-corrected chi connectivity index (χ1v) is 7.95. The molecule has 3 rings (SSSR count). The van der Waals surface area contributed by atoms with Gasteiger partial charge in [-0.2, -0.15) is 0 Å². The summed E-state index contributed by atoms with van der Waals surface area (Å²) in [5.74, 6) is -2.56. The molecule has 1 aromatic heterocycles. The number of aryl methyl sites for hydroxylation is 2. The van der Waals surface area contributed by atoms with Crippen molar-refractivity contribution in [3.05, 3.63) is 76.4 Å². The van der Waals surface area contributed by atoms with Gasteiger partial charge in [0.25, 0.3) is 5.91 Å². The monoisotopic (exact) mass is 376 g/mol. The van der Waals surface area contributed by atoms with Crippen LogP contribution in [0.1, 0.15) is 27.4 Å². The van der Waals surface area contributed by atoms with Crippen LogP contribution >= 0.6 is 0 Å². The normalized spacial score (nSPS) is 10.7. The predicted molar refractivity (Wildman–Crippen MR) is 91.0 cm³/mol. The molecule has 140 valence electrons. The number of carbonyl (C=O) groups is 1. The van der Waals surface area contributed by atoms with Gasteiger partial charge in [0.05, 0.1) is 5.56 Å². The van der Waals surface area contributed by atoms with E-state index in [4.69, 9.17) is 9.26 Å². The molecule has 1 heterocycles. The summed E-state index contributed by atoms with van der Waals surface area (Å²) < 4.78 is 50.6. The quantitative estimate of drug-likeness (QED) is 0.710. The van der Waals surface area contributed by atoms with E-state index in [2.05, 4.69) is 10.5 Å². The molecule has 8 heteroatoms. The van der Waals surface area contributed by atoms with Crippen molar-refractivity contribution in [2.24, 2.45) is 0 Å². The number of nitrogens with one attached hydrogen (secondary N) is 1. The Morgan fingerprint density at radius 2 is 1.89 bits per heavy atom. The highest BCUT2D eigenvalue weighted by Crippen LogP contribution is 2.22. The molecular weight excluding hydrogens is 361 g/mol. The lowest BCUT2D eigenvalue weighted by atomic mass is 10.1. The summed E-state index contributed by atoms with van der Waals surface area (Å²) in [4.78, 5) is 12.4. The number of carbonyl (C=O) groups excluding carboxylic acids is 1. The minimum Gasteiger partial charge on any atom is -0.486 e. The van der Waals surface area contributed by atoms with Crippen LogP contribution in [-0.2, 0) is 6.61 Å². The predicted octanol–water partition coefficient (Wildman–Crippen LogP) is 4.54. The Hall–Kier alpha value is -3.29. The molecule has 0 fully saturated rings. The van der Waals surface area contributed by atoms with E-state index in [9.17, 15) is 18.0 Å². The Kier molecular flexibility index (Phi) is 5.16. The maximum Gasteiger partial charge on any atom is 0.278 e. The summed E-state index contributed by atoms with van der Waals surface area (Å²) in [7, 11) is 0. The third-order valence-electron chi connectivity index (χ3n) is 3.90. The van der Waals surface area contributed by atoms with E-state index in [0.717, 1.165) is 12.1 Å². The van der Waals surface area contributed by atoms with Crippen LogP contribution in [0.2, 0.25) is 0 Å². The fourth-order valence-electron chi connectivity index (χ4n) is 2.34. The van der Waals surface area contributed by atoms with Crippen LogP contribution in [0.15, 0.2) is 40.9 Å². The minimum atomic E-state index is -0.870. The summed E-state index contributed by atoms with van der Waals surface area (Å²) in [5.41, 5.74) is 0.917. The van der Waals surface area contributed by atoms with Crippen molar-refractivity contribution < 1.29 is 27.2 Å². The van der Waals surface area contributed by atoms with E-state index in [1.807, 2.05) is 0 Å². The molecule has 3 aromatic rings. The lowest BCUT2D eigenvalue weighted by Gasteiger charge is -2.08. The number of nitrogens with zero attached hydrogens (tertiary/aromatic N) is 1. The van der Waals surface area contributed by atoms with Gasteiger partial charge in [-0.15, -0.1) is 0 Å².